The van der Waals surface area contributed by atoms with Crippen LogP contribution in [0.3, 0.4) is 0 Å². The summed E-state index contributed by atoms with van der Waals surface area (Å²) in [5, 5.41) is 13.4. The molecular formula is C18H18ClN3O3S. The van der Waals surface area contributed by atoms with Gasteiger partial charge in [0.1, 0.15) is 0 Å². The van der Waals surface area contributed by atoms with Gasteiger partial charge in [-0.3, -0.25) is 9.59 Å². The zero-order valence-electron chi connectivity index (χ0n) is 14.0. The number of allylic oxidation sites excluding steroid dienone is 1. The molecule has 2 aliphatic heterocycles. The SMILES string of the molecule is N#CC1=C(SCC(=O)N2CCOCC2)NC(=O)C[C@H]1c1ccc(Cl)cc1. The highest BCUT2D eigenvalue weighted by atomic mass is 35.5. The molecule has 0 unspecified atom stereocenters. The zero-order chi connectivity index (χ0) is 18.5. The van der Waals surface area contributed by atoms with Gasteiger partial charge in [-0.1, -0.05) is 35.5 Å². The first-order valence-electron chi connectivity index (χ1n) is 8.26. The summed E-state index contributed by atoms with van der Waals surface area (Å²) >= 11 is 7.13. The van der Waals surface area contributed by atoms with Crippen molar-refractivity contribution in [2.45, 2.75) is 12.3 Å². The van der Waals surface area contributed by atoms with E-state index in [1.165, 1.54) is 11.8 Å². The largest absolute Gasteiger partial charge is 0.378 e. The van der Waals surface area contributed by atoms with E-state index in [2.05, 4.69) is 11.4 Å². The standard InChI is InChI=1S/C18H18ClN3O3S/c19-13-3-1-12(2-4-13)14-9-16(23)21-18(15(14)10-20)26-11-17(24)22-5-7-25-8-6-22/h1-4,14H,5-9,11H2,(H,21,23)/t14-/m0/s1. The molecule has 0 spiro atoms. The third-order valence-electron chi connectivity index (χ3n) is 4.33. The van der Waals surface area contributed by atoms with E-state index in [1.54, 1.807) is 17.0 Å². The third kappa shape index (κ3) is 4.39. The summed E-state index contributed by atoms with van der Waals surface area (Å²) in [6, 6.07) is 9.34. The summed E-state index contributed by atoms with van der Waals surface area (Å²) in [5.41, 5.74) is 1.34. The van der Waals surface area contributed by atoms with Crippen LogP contribution in [0.25, 0.3) is 0 Å². The summed E-state index contributed by atoms with van der Waals surface area (Å²) in [6.07, 6.45) is 0.200. The van der Waals surface area contributed by atoms with E-state index in [-0.39, 0.29) is 29.9 Å². The number of amides is 2. The first-order valence-corrected chi connectivity index (χ1v) is 9.62. The zero-order valence-corrected chi connectivity index (χ0v) is 15.6. The topological polar surface area (TPSA) is 82.4 Å². The van der Waals surface area contributed by atoms with E-state index in [0.717, 1.165) is 5.56 Å². The van der Waals surface area contributed by atoms with Gasteiger partial charge >= 0.3 is 0 Å². The number of morpholine rings is 1. The van der Waals surface area contributed by atoms with Crippen LogP contribution in [0.5, 0.6) is 0 Å². The van der Waals surface area contributed by atoms with Crippen molar-refractivity contribution in [3.05, 3.63) is 45.5 Å². The smallest absolute Gasteiger partial charge is 0.233 e. The molecule has 0 saturated carbocycles. The maximum absolute atomic E-state index is 12.3. The summed E-state index contributed by atoms with van der Waals surface area (Å²) in [4.78, 5) is 26.2. The van der Waals surface area contributed by atoms with Crippen molar-refractivity contribution in [3.8, 4) is 6.07 Å². The average Bonchev–Trinajstić information content (AvgIpc) is 2.67. The predicted molar refractivity (Wildman–Crippen MR) is 99.4 cm³/mol. The molecule has 2 amide bonds. The van der Waals surface area contributed by atoms with Gasteiger partial charge in [0.15, 0.2) is 0 Å². The molecule has 6 nitrogen and oxygen atoms in total. The number of rotatable bonds is 4. The molecule has 26 heavy (non-hydrogen) atoms. The molecule has 0 bridgehead atoms. The van der Waals surface area contributed by atoms with Crippen molar-refractivity contribution in [3.63, 3.8) is 0 Å². The second-order valence-electron chi connectivity index (χ2n) is 5.99. The minimum absolute atomic E-state index is 0.0223. The van der Waals surface area contributed by atoms with Crippen molar-refractivity contribution in [1.29, 1.82) is 5.26 Å². The molecule has 2 aliphatic rings. The lowest BCUT2D eigenvalue weighted by atomic mass is 9.87. The fourth-order valence-corrected chi connectivity index (χ4v) is 4.06. The van der Waals surface area contributed by atoms with E-state index in [9.17, 15) is 14.9 Å². The number of hydrogen-bond acceptors (Lipinski definition) is 5. The normalized spacial score (nSPS) is 20.5. The Hall–Kier alpha value is -2.01. The number of nitrogens with zero attached hydrogens (tertiary/aromatic N) is 2. The average molecular weight is 392 g/mol. The molecule has 1 aromatic carbocycles. The van der Waals surface area contributed by atoms with Crippen LogP contribution >= 0.6 is 23.4 Å². The van der Waals surface area contributed by atoms with Gasteiger partial charge in [0.05, 0.1) is 35.6 Å². The van der Waals surface area contributed by atoms with Gasteiger partial charge in [0, 0.05) is 30.5 Å². The van der Waals surface area contributed by atoms with Crippen molar-refractivity contribution in [2.24, 2.45) is 0 Å². The number of carbonyl (C=O) groups is 2. The van der Waals surface area contributed by atoms with Crippen LogP contribution in [-0.2, 0) is 14.3 Å². The fourth-order valence-electron chi connectivity index (χ4n) is 2.95. The molecule has 8 heteroatoms. The molecule has 2 heterocycles. The van der Waals surface area contributed by atoms with E-state index in [0.29, 0.717) is 41.9 Å². The van der Waals surface area contributed by atoms with Crippen LogP contribution in [-0.4, -0.2) is 48.8 Å². The van der Waals surface area contributed by atoms with Gasteiger partial charge in [0.2, 0.25) is 11.8 Å². The Bertz CT molecular complexity index is 767. The number of benzene rings is 1. The van der Waals surface area contributed by atoms with Crippen LogP contribution in [0.1, 0.15) is 17.9 Å². The lowest BCUT2D eigenvalue weighted by Gasteiger charge is -2.28. The number of hydrogen-bond donors (Lipinski definition) is 1. The number of nitriles is 1. The minimum atomic E-state index is -0.327. The molecule has 0 aliphatic carbocycles. The van der Waals surface area contributed by atoms with Gasteiger partial charge in [-0.25, -0.2) is 0 Å². The van der Waals surface area contributed by atoms with E-state index < -0.39 is 0 Å². The van der Waals surface area contributed by atoms with E-state index >= 15 is 0 Å². The summed E-state index contributed by atoms with van der Waals surface area (Å²) in [5.74, 6) is -0.336. The second kappa shape index (κ2) is 8.58. The highest BCUT2D eigenvalue weighted by molar-refractivity contribution is 8.03. The van der Waals surface area contributed by atoms with Gasteiger partial charge in [0.25, 0.3) is 0 Å². The first kappa shape index (κ1) is 18.8. The van der Waals surface area contributed by atoms with Gasteiger partial charge in [-0.05, 0) is 17.7 Å². The van der Waals surface area contributed by atoms with Gasteiger partial charge in [-0.15, -0.1) is 0 Å². The molecule has 1 saturated heterocycles. The van der Waals surface area contributed by atoms with E-state index in [4.69, 9.17) is 16.3 Å². The lowest BCUT2D eigenvalue weighted by molar-refractivity contribution is -0.132. The van der Waals surface area contributed by atoms with Gasteiger partial charge < -0.3 is 15.0 Å². The highest BCUT2D eigenvalue weighted by Gasteiger charge is 2.30. The predicted octanol–water partition coefficient (Wildman–Crippen LogP) is 2.27. The molecule has 1 atom stereocenters. The second-order valence-corrected chi connectivity index (χ2v) is 7.41. The highest BCUT2D eigenvalue weighted by Crippen LogP contribution is 2.36. The quantitative estimate of drug-likeness (QED) is 0.851. The Morgan fingerprint density at radius 2 is 2.04 bits per heavy atom. The van der Waals surface area contributed by atoms with Crippen molar-refractivity contribution < 1.29 is 14.3 Å². The molecule has 136 valence electrons. The van der Waals surface area contributed by atoms with Crippen molar-refractivity contribution in [1.82, 2.24) is 10.2 Å². The Morgan fingerprint density at radius 3 is 2.69 bits per heavy atom. The molecular weight excluding hydrogens is 374 g/mol. The van der Waals surface area contributed by atoms with E-state index in [1.807, 2.05) is 12.1 Å². The van der Waals surface area contributed by atoms with Crippen LogP contribution in [0.15, 0.2) is 34.9 Å². The van der Waals surface area contributed by atoms with Gasteiger partial charge in [-0.2, -0.15) is 5.26 Å². The maximum atomic E-state index is 12.3. The van der Waals surface area contributed by atoms with Crippen LogP contribution in [0.2, 0.25) is 5.02 Å². The Kier molecular flexibility index (Phi) is 6.20. The molecule has 1 aromatic rings. The lowest BCUT2D eigenvalue weighted by Crippen LogP contribution is -2.42. The number of ether oxygens (including phenoxy) is 1. The Labute approximate surface area is 161 Å². The summed E-state index contributed by atoms with van der Waals surface area (Å²) < 4.78 is 5.24. The molecule has 1 fully saturated rings. The molecule has 3 rings (SSSR count). The summed E-state index contributed by atoms with van der Waals surface area (Å²) in [7, 11) is 0. The van der Waals surface area contributed by atoms with Crippen molar-refractivity contribution in [2.75, 3.05) is 32.1 Å². The summed E-state index contributed by atoms with van der Waals surface area (Å²) in [6.45, 7) is 2.22. The molecule has 0 radical (unpaired) electrons. The Morgan fingerprint density at radius 1 is 1.35 bits per heavy atom. The number of thioether (sulfide) groups is 1. The first-order chi connectivity index (χ1) is 12.6. The van der Waals surface area contributed by atoms with Crippen LogP contribution in [0.4, 0.5) is 0 Å². The number of halogens is 1. The molecule has 0 aromatic heterocycles. The van der Waals surface area contributed by atoms with Crippen molar-refractivity contribution >= 4 is 35.2 Å². The number of nitrogens with one attached hydrogen (secondary N) is 1. The van der Waals surface area contributed by atoms with Crippen LogP contribution < -0.4 is 5.32 Å². The number of carbonyl (C=O) groups excluding carboxylic acids is 2. The minimum Gasteiger partial charge on any atom is -0.378 e. The van der Waals surface area contributed by atoms with Crippen LogP contribution in [0, 0.1) is 11.3 Å². The fraction of sp³-hybridized carbons (Fsp3) is 0.389. The maximum Gasteiger partial charge on any atom is 0.233 e. The monoisotopic (exact) mass is 391 g/mol. The Balaban J connectivity index is 1.76. The molecule has 1 N–H and O–H groups in total. The third-order valence-corrected chi connectivity index (χ3v) is 5.59.